The zero-order chi connectivity index (χ0) is 9.68. The molecule has 2 N–H and O–H groups in total. The van der Waals surface area contributed by atoms with Crippen LogP contribution in [0.2, 0.25) is 0 Å². The van der Waals surface area contributed by atoms with Crippen LogP contribution in [0.25, 0.3) is 0 Å². The minimum Gasteiger partial charge on any atom is -0.326 e. The zero-order valence-electron chi connectivity index (χ0n) is 6.98. The number of hydrogen-bond acceptors (Lipinski definition) is 1. The molecule has 0 radical (unpaired) electrons. The van der Waals surface area contributed by atoms with Crippen LogP contribution in [0.4, 0.5) is 4.39 Å². The highest BCUT2D eigenvalue weighted by atomic mass is 35.5. The molecule has 0 spiro atoms. The quantitative estimate of drug-likeness (QED) is 0.540. The Morgan fingerprint density at radius 2 is 2.23 bits per heavy atom. The summed E-state index contributed by atoms with van der Waals surface area (Å²) in [5.41, 5.74) is 6.61. The fourth-order valence-electron chi connectivity index (χ4n) is 0.924. The second-order valence-electron chi connectivity index (χ2n) is 2.45. The van der Waals surface area contributed by atoms with E-state index >= 15 is 0 Å². The number of halogens is 2. The number of nitrogens with two attached hydrogens (primary N) is 1. The van der Waals surface area contributed by atoms with Crippen molar-refractivity contribution in [3.63, 3.8) is 0 Å². The highest BCUT2D eigenvalue weighted by Crippen LogP contribution is 2.08. The van der Waals surface area contributed by atoms with Crippen LogP contribution in [0.5, 0.6) is 0 Å². The molecule has 0 saturated heterocycles. The third-order valence-electron chi connectivity index (χ3n) is 1.56. The Balaban J connectivity index is 3.04. The summed E-state index contributed by atoms with van der Waals surface area (Å²) in [5, 5.41) is 0. The van der Waals surface area contributed by atoms with Gasteiger partial charge in [0, 0.05) is 6.54 Å². The zero-order valence-corrected chi connectivity index (χ0v) is 7.74. The highest BCUT2D eigenvalue weighted by molar-refractivity contribution is 6.19. The van der Waals surface area contributed by atoms with E-state index in [1.807, 2.05) is 0 Å². The van der Waals surface area contributed by atoms with E-state index in [0.717, 1.165) is 5.56 Å². The monoisotopic (exact) mass is 197 g/mol. The van der Waals surface area contributed by atoms with Crippen LogP contribution in [0.3, 0.4) is 0 Å². The lowest BCUT2D eigenvalue weighted by atomic mass is 10.1. The van der Waals surface area contributed by atoms with Crippen molar-refractivity contribution in [3.05, 3.63) is 35.1 Å². The van der Waals surface area contributed by atoms with Gasteiger partial charge in [-0.15, -0.1) is 11.6 Å². The molecule has 68 valence electrons. The van der Waals surface area contributed by atoms with Gasteiger partial charge in [-0.2, -0.15) is 0 Å². The lowest BCUT2D eigenvalue weighted by molar-refractivity contribution is 0.623. The summed E-state index contributed by atoms with van der Waals surface area (Å²) in [6.07, 6.45) is 0. The molecule has 1 aromatic carbocycles. The molecule has 1 rings (SSSR count). The molecule has 0 saturated carbocycles. The van der Waals surface area contributed by atoms with Crippen molar-refractivity contribution in [2.24, 2.45) is 5.73 Å². The first-order valence-electron chi connectivity index (χ1n) is 3.81. The Morgan fingerprint density at radius 3 is 2.85 bits per heavy atom. The Morgan fingerprint density at radius 1 is 1.46 bits per heavy atom. The van der Waals surface area contributed by atoms with Crippen molar-refractivity contribution in [2.45, 2.75) is 6.54 Å². The average Bonchev–Trinajstić information content (AvgIpc) is 2.17. The first-order chi connectivity index (χ1) is 6.27. The third-order valence-corrected chi connectivity index (χ3v) is 1.69. The topological polar surface area (TPSA) is 26.0 Å². The molecule has 1 aromatic rings. The van der Waals surface area contributed by atoms with Gasteiger partial charge in [-0.25, -0.2) is 4.39 Å². The van der Waals surface area contributed by atoms with Gasteiger partial charge in [0.1, 0.15) is 5.82 Å². The molecule has 0 heterocycles. The van der Waals surface area contributed by atoms with E-state index in [-0.39, 0.29) is 11.7 Å². The molecule has 0 aliphatic heterocycles. The van der Waals surface area contributed by atoms with Gasteiger partial charge in [-0.05, 0) is 17.7 Å². The fourth-order valence-corrected chi connectivity index (χ4v) is 0.991. The van der Waals surface area contributed by atoms with Crippen molar-refractivity contribution in [1.82, 2.24) is 0 Å². The highest BCUT2D eigenvalue weighted by Gasteiger charge is 1.99. The van der Waals surface area contributed by atoms with E-state index in [1.54, 1.807) is 12.1 Å². The molecule has 13 heavy (non-hydrogen) atoms. The second kappa shape index (κ2) is 4.86. The molecule has 0 atom stereocenters. The number of hydrogen-bond donors (Lipinski definition) is 1. The SMILES string of the molecule is NCc1ccc(F)c(C#CCCl)c1. The molecule has 0 unspecified atom stereocenters. The largest absolute Gasteiger partial charge is 0.326 e. The molecule has 3 heteroatoms. The lowest BCUT2D eigenvalue weighted by Crippen LogP contribution is -1.97. The smallest absolute Gasteiger partial charge is 0.138 e. The molecular weight excluding hydrogens is 189 g/mol. The molecule has 1 nitrogen and oxygen atoms in total. The van der Waals surface area contributed by atoms with Crippen LogP contribution in [0, 0.1) is 17.7 Å². The summed E-state index contributed by atoms with van der Waals surface area (Å²) in [4.78, 5) is 0. The molecule has 0 amide bonds. The van der Waals surface area contributed by atoms with Gasteiger partial charge in [-0.1, -0.05) is 17.9 Å². The molecule has 0 fully saturated rings. The number of benzene rings is 1. The van der Waals surface area contributed by atoms with Gasteiger partial charge in [0.25, 0.3) is 0 Å². The second-order valence-corrected chi connectivity index (χ2v) is 2.72. The van der Waals surface area contributed by atoms with Crippen molar-refractivity contribution < 1.29 is 4.39 Å². The van der Waals surface area contributed by atoms with Crippen molar-refractivity contribution >= 4 is 11.6 Å². The summed E-state index contributed by atoms with van der Waals surface area (Å²) in [7, 11) is 0. The van der Waals surface area contributed by atoms with E-state index in [2.05, 4.69) is 11.8 Å². The Labute approximate surface area is 81.7 Å². The van der Waals surface area contributed by atoms with Crippen LogP contribution in [0.15, 0.2) is 18.2 Å². The minimum atomic E-state index is -0.338. The number of alkyl halides is 1. The summed E-state index contributed by atoms with van der Waals surface area (Å²) in [6, 6.07) is 4.64. The first-order valence-corrected chi connectivity index (χ1v) is 4.34. The molecule has 0 aliphatic carbocycles. The Kier molecular flexibility index (Phi) is 3.75. The van der Waals surface area contributed by atoms with Crippen molar-refractivity contribution in [3.8, 4) is 11.8 Å². The van der Waals surface area contributed by atoms with Crippen molar-refractivity contribution in [2.75, 3.05) is 5.88 Å². The predicted octanol–water partition coefficient (Wildman–Crippen LogP) is 1.87. The van der Waals surface area contributed by atoms with Crippen LogP contribution >= 0.6 is 11.6 Å². The Bertz CT molecular complexity index is 352. The van der Waals surface area contributed by atoms with Gasteiger partial charge >= 0.3 is 0 Å². The van der Waals surface area contributed by atoms with Crippen LogP contribution in [-0.4, -0.2) is 5.88 Å². The Hall–Kier alpha value is -1.04. The first kappa shape index (κ1) is 10.0. The van der Waals surface area contributed by atoms with Crippen LogP contribution < -0.4 is 5.73 Å². The summed E-state index contributed by atoms with van der Waals surface area (Å²) >= 11 is 5.36. The van der Waals surface area contributed by atoms with E-state index < -0.39 is 0 Å². The number of rotatable bonds is 1. The maximum absolute atomic E-state index is 13.0. The fraction of sp³-hybridized carbons (Fsp3) is 0.200. The van der Waals surface area contributed by atoms with Gasteiger partial charge in [0.05, 0.1) is 11.4 Å². The van der Waals surface area contributed by atoms with Crippen LogP contribution in [-0.2, 0) is 6.54 Å². The van der Waals surface area contributed by atoms with Gasteiger partial charge in [0.15, 0.2) is 0 Å². The molecule has 0 aromatic heterocycles. The lowest BCUT2D eigenvalue weighted by Gasteiger charge is -1.98. The third kappa shape index (κ3) is 2.73. The average molecular weight is 198 g/mol. The minimum absolute atomic E-state index is 0.201. The van der Waals surface area contributed by atoms with E-state index in [4.69, 9.17) is 17.3 Å². The van der Waals surface area contributed by atoms with Gasteiger partial charge < -0.3 is 5.73 Å². The predicted molar refractivity (Wildman–Crippen MR) is 51.9 cm³/mol. The normalized spacial score (nSPS) is 9.15. The molecule has 0 bridgehead atoms. The van der Waals surface area contributed by atoms with E-state index in [0.29, 0.717) is 12.1 Å². The van der Waals surface area contributed by atoms with E-state index in [1.165, 1.54) is 6.07 Å². The summed E-state index contributed by atoms with van der Waals surface area (Å²) < 4.78 is 13.0. The maximum Gasteiger partial charge on any atom is 0.138 e. The summed E-state index contributed by atoms with van der Waals surface area (Å²) in [6.45, 7) is 0.385. The van der Waals surface area contributed by atoms with Crippen LogP contribution in [0.1, 0.15) is 11.1 Å². The molecular formula is C10H9ClFN. The maximum atomic E-state index is 13.0. The standard InChI is InChI=1S/C10H9ClFN/c11-5-1-2-9-6-8(7-13)3-4-10(9)12/h3-4,6H,5,7,13H2. The molecule has 0 aliphatic rings. The van der Waals surface area contributed by atoms with Gasteiger partial charge in [-0.3, -0.25) is 0 Å². The van der Waals surface area contributed by atoms with Gasteiger partial charge in [0.2, 0.25) is 0 Å². The summed E-state index contributed by atoms with van der Waals surface area (Å²) in [5.74, 6) is 5.08. The van der Waals surface area contributed by atoms with Crippen molar-refractivity contribution in [1.29, 1.82) is 0 Å². The van der Waals surface area contributed by atoms with E-state index in [9.17, 15) is 4.39 Å².